The third-order valence-electron chi connectivity index (χ3n) is 2.74. The minimum Gasteiger partial charge on any atom is -0.293 e. The maximum Gasteiger partial charge on any atom is 0.172 e. The van der Waals surface area contributed by atoms with Gasteiger partial charge in [0.15, 0.2) is 5.78 Å². The zero-order valence-corrected chi connectivity index (χ0v) is 12.1. The lowest BCUT2D eigenvalue weighted by atomic mass is 10.2. The van der Waals surface area contributed by atoms with Crippen LogP contribution >= 0.6 is 11.3 Å². The van der Waals surface area contributed by atoms with Gasteiger partial charge >= 0.3 is 0 Å². The lowest BCUT2D eigenvalue weighted by Gasteiger charge is -2.07. The summed E-state index contributed by atoms with van der Waals surface area (Å²) in [6, 6.07) is 3.74. The van der Waals surface area contributed by atoms with Crippen molar-refractivity contribution in [3.63, 3.8) is 0 Å². The molecular weight excluding hydrogens is 252 g/mol. The fourth-order valence-corrected chi connectivity index (χ4v) is 3.67. The van der Waals surface area contributed by atoms with Crippen molar-refractivity contribution in [1.82, 2.24) is 0 Å². The molecule has 2 unspecified atom stereocenters. The van der Waals surface area contributed by atoms with Crippen molar-refractivity contribution in [3.05, 3.63) is 22.4 Å². The molecule has 0 saturated heterocycles. The van der Waals surface area contributed by atoms with E-state index in [1.807, 2.05) is 17.5 Å². The van der Waals surface area contributed by atoms with Gasteiger partial charge in [0.25, 0.3) is 0 Å². The molecule has 96 valence electrons. The lowest BCUT2D eigenvalue weighted by molar-refractivity contribution is 0.0986. The smallest absolute Gasteiger partial charge is 0.172 e. The SMILES string of the molecule is CCC(C)CS(=O)CCCC(=O)c1cccs1. The summed E-state index contributed by atoms with van der Waals surface area (Å²) in [5.41, 5.74) is 0. The molecule has 2 nitrogen and oxygen atoms in total. The zero-order valence-electron chi connectivity index (χ0n) is 10.5. The van der Waals surface area contributed by atoms with Gasteiger partial charge in [0.2, 0.25) is 0 Å². The van der Waals surface area contributed by atoms with E-state index < -0.39 is 10.8 Å². The van der Waals surface area contributed by atoms with E-state index in [4.69, 9.17) is 0 Å². The van der Waals surface area contributed by atoms with Crippen molar-refractivity contribution < 1.29 is 9.00 Å². The molecule has 0 bridgehead atoms. The third-order valence-corrected chi connectivity index (χ3v) is 5.33. The molecule has 0 spiro atoms. The molecule has 0 aliphatic heterocycles. The first kappa shape index (κ1) is 14.6. The summed E-state index contributed by atoms with van der Waals surface area (Å²) < 4.78 is 11.7. The molecule has 0 radical (unpaired) electrons. The van der Waals surface area contributed by atoms with Crippen LogP contribution in [0.3, 0.4) is 0 Å². The van der Waals surface area contributed by atoms with E-state index in [-0.39, 0.29) is 5.78 Å². The van der Waals surface area contributed by atoms with Crippen molar-refractivity contribution in [3.8, 4) is 0 Å². The number of carbonyl (C=O) groups excluding carboxylic acids is 1. The van der Waals surface area contributed by atoms with Crippen LogP contribution in [0, 0.1) is 5.92 Å². The number of carbonyl (C=O) groups is 1. The summed E-state index contributed by atoms with van der Waals surface area (Å²) in [5, 5.41) is 1.91. The highest BCUT2D eigenvalue weighted by atomic mass is 32.2. The Morgan fingerprint density at radius 2 is 2.29 bits per heavy atom. The van der Waals surface area contributed by atoms with E-state index in [2.05, 4.69) is 13.8 Å². The highest BCUT2D eigenvalue weighted by molar-refractivity contribution is 7.84. The molecule has 2 atom stereocenters. The van der Waals surface area contributed by atoms with Crippen molar-refractivity contribution in [1.29, 1.82) is 0 Å². The standard InChI is InChI=1S/C13H20O2S2/c1-3-11(2)10-17(15)9-5-6-12(14)13-7-4-8-16-13/h4,7-8,11H,3,5-6,9-10H2,1-2H3. The molecule has 0 amide bonds. The summed E-state index contributed by atoms with van der Waals surface area (Å²) in [4.78, 5) is 12.5. The van der Waals surface area contributed by atoms with Gasteiger partial charge in [-0.05, 0) is 23.8 Å². The van der Waals surface area contributed by atoms with Gasteiger partial charge in [0.1, 0.15) is 0 Å². The molecule has 0 saturated carbocycles. The topological polar surface area (TPSA) is 34.1 Å². The second kappa shape index (κ2) is 7.77. The van der Waals surface area contributed by atoms with E-state index in [1.165, 1.54) is 11.3 Å². The summed E-state index contributed by atoms with van der Waals surface area (Å²) in [6.07, 6.45) is 2.33. The number of thiophene rings is 1. The first-order chi connectivity index (χ1) is 8.13. The number of hydrogen-bond donors (Lipinski definition) is 0. The molecule has 4 heteroatoms. The summed E-state index contributed by atoms with van der Waals surface area (Å²) in [6.45, 7) is 4.23. The number of Topliss-reactive ketones (excluding diaryl/α,β-unsaturated/α-hetero) is 1. The Bertz CT molecular complexity index is 358. The molecule has 0 aliphatic carbocycles. The van der Waals surface area contributed by atoms with Crippen LogP contribution in [-0.2, 0) is 10.8 Å². The summed E-state index contributed by atoms with van der Waals surface area (Å²) in [7, 11) is -0.762. The lowest BCUT2D eigenvalue weighted by Crippen LogP contribution is -2.11. The molecule has 1 aromatic heterocycles. The molecule has 17 heavy (non-hydrogen) atoms. The average molecular weight is 272 g/mol. The zero-order chi connectivity index (χ0) is 12.7. The first-order valence-corrected chi connectivity index (χ1v) is 8.42. The largest absolute Gasteiger partial charge is 0.293 e. The maximum absolute atomic E-state index is 11.7. The molecular formula is C13H20O2S2. The molecule has 0 N–H and O–H groups in total. The number of ketones is 1. The summed E-state index contributed by atoms with van der Waals surface area (Å²) >= 11 is 1.48. The fraction of sp³-hybridized carbons (Fsp3) is 0.615. The third kappa shape index (κ3) is 5.59. The van der Waals surface area contributed by atoms with Crippen molar-refractivity contribution in [2.45, 2.75) is 33.1 Å². The Kier molecular flexibility index (Phi) is 6.66. The highest BCUT2D eigenvalue weighted by Crippen LogP contribution is 2.13. The van der Waals surface area contributed by atoms with E-state index in [1.54, 1.807) is 0 Å². The van der Waals surface area contributed by atoms with Crippen molar-refractivity contribution in [2.75, 3.05) is 11.5 Å². The fourth-order valence-electron chi connectivity index (χ4n) is 1.47. The van der Waals surface area contributed by atoms with Gasteiger partial charge in [0, 0.05) is 28.7 Å². The van der Waals surface area contributed by atoms with Crippen LogP contribution < -0.4 is 0 Å². The Morgan fingerprint density at radius 3 is 2.88 bits per heavy atom. The summed E-state index contributed by atoms with van der Waals surface area (Å²) in [5.74, 6) is 2.12. The van der Waals surface area contributed by atoms with Crippen LogP contribution in [0.15, 0.2) is 17.5 Å². The van der Waals surface area contributed by atoms with E-state index >= 15 is 0 Å². The maximum atomic E-state index is 11.7. The molecule has 1 rings (SSSR count). The Hall–Kier alpha value is -0.480. The molecule has 0 fully saturated rings. The van der Waals surface area contributed by atoms with Gasteiger partial charge in [-0.1, -0.05) is 26.3 Å². The van der Waals surface area contributed by atoms with Crippen LogP contribution in [0.5, 0.6) is 0 Å². The molecule has 0 aromatic carbocycles. The number of rotatable bonds is 8. The minimum atomic E-state index is -0.762. The van der Waals surface area contributed by atoms with Gasteiger partial charge in [-0.2, -0.15) is 0 Å². The van der Waals surface area contributed by atoms with Gasteiger partial charge in [-0.3, -0.25) is 9.00 Å². The average Bonchev–Trinajstić information content (AvgIpc) is 2.82. The van der Waals surface area contributed by atoms with E-state index in [0.29, 0.717) is 18.1 Å². The van der Waals surface area contributed by atoms with Crippen LogP contribution in [0.4, 0.5) is 0 Å². The number of hydrogen-bond acceptors (Lipinski definition) is 3. The molecule has 1 heterocycles. The Balaban J connectivity index is 2.20. The minimum absolute atomic E-state index is 0.181. The second-order valence-corrected chi connectivity index (χ2v) is 6.90. The van der Waals surface area contributed by atoms with Gasteiger partial charge in [-0.15, -0.1) is 11.3 Å². The van der Waals surface area contributed by atoms with Crippen LogP contribution in [-0.4, -0.2) is 21.5 Å². The van der Waals surface area contributed by atoms with Crippen LogP contribution in [0.2, 0.25) is 0 Å². The normalized spacial score (nSPS) is 14.5. The second-order valence-electron chi connectivity index (χ2n) is 4.33. The van der Waals surface area contributed by atoms with Crippen LogP contribution in [0.1, 0.15) is 42.8 Å². The quantitative estimate of drug-likeness (QED) is 0.679. The monoisotopic (exact) mass is 272 g/mol. The van der Waals surface area contributed by atoms with Gasteiger partial charge < -0.3 is 0 Å². The van der Waals surface area contributed by atoms with E-state index in [9.17, 15) is 9.00 Å². The van der Waals surface area contributed by atoms with Gasteiger partial charge in [0.05, 0.1) is 4.88 Å². The van der Waals surface area contributed by atoms with Crippen molar-refractivity contribution in [2.24, 2.45) is 5.92 Å². The van der Waals surface area contributed by atoms with E-state index in [0.717, 1.165) is 23.5 Å². The predicted molar refractivity (Wildman–Crippen MR) is 75.2 cm³/mol. The highest BCUT2D eigenvalue weighted by Gasteiger charge is 2.09. The van der Waals surface area contributed by atoms with Crippen LogP contribution in [0.25, 0.3) is 0 Å². The predicted octanol–water partition coefficient (Wildman–Crippen LogP) is 3.51. The molecule has 0 aliphatic rings. The van der Waals surface area contributed by atoms with Crippen molar-refractivity contribution >= 4 is 27.9 Å². The Morgan fingerprint density at radius 1 is 1.53 bits per heavy atom. The first-order valence-electron chi connectivity index (χ1n) is 6.05. The molecule has 1 aromatic rings. The Labute approximate surface area is 110 Å². The van der Waals surface area contributed by atoms with Gasteiger partial charge in [-0.25, -0.2) is 0 Å².